The molecular formula is C28H32O7. The number of fused-ring (bicyclic) bond motifs is 4. The lowest BCUT2D eigenvalue weighted by molar-refractivity contribution is -0.105. The Labute approximate surface area is 205 Å². The van der Waals surface area contributed by atoms with Gasteiger partial charge < -0.3 is 28.1 Å². The first kappa shape index (κ1) is 23.9. The molecule has 2 aromatic carbocycles. The number of furan rings is 1. The average molecular weight is 481 g/mol. The van der Waals surface area contributed by atoms with Gasteiger partial charge in [-0.15, -0.1) is 0 Å². The lowest BCUT2D eigenvalue weighted by Gasteiger charge is -2.49. The van der Waals surface area contributed by atoms with Crippen molar-refractivity contribution in [3.05, 3.63) is 59.4 Å². The van der Waals surface area contributed by atoms with Crippen LogP contribution in [0, 0.1) is 5.92 Å². The average Bonchev–Trinajstić information content (AvgIpc) is 3.29. The third-order valence-electron chi connectivity index (χ3n) is 7.21. The summed E-state index contributed by atoms with van der Waals surface area (Å²) in [6.07, 6.45) is 2.83. The van der Waals surface area contributed by atoms with E-state index in [0.717, 1.165) is 30.2 Å². The predicted molar refractivity (Wildman–Crippen MR) is 130 cm³/mol. The topological polar surface area (TPSA) is 76.4 Å². The molecule has 3 atom stereocenters. The first-order valence-corrected chi connectivity index (χ1v) is 12.0. The maximum absolute atomic E-state index is 13.5. The Bertz CT molecular complexity index is 1180. The van der Waals surface area contributed by atoms with Crippen LogP contribution in [0.1, 0.15) is 60.7 Å². The molecule has 1 fully saturated rings. The van der Waals surface area contributed by atoms with E-state index in [4.69, 9.17) is 28.1 Å². The molecule has 1 aromatic heterocycles. The lowest BCUT2D eigenvalue weighted by Crippen LogP contribution is -2.48. The number of hydrogen-bond donors (Lipinski definition) is 0. The van der Waals surface area contributed by atoms with Gasteiger partial charge in [0, 0.05) is 42.6 Å². The number of ketones is 1. The molecule has 0 spiro atoms. The Morgan fingerprint density at radius 1 is 1.06 bits per heavy atom. The first-order valence-electron chi connectivity index (χ1n) is 12.0. The van der Waals surface area contributed by atoms with E-state index in [9.17, 15) is 4.79 Å². The highest BCUT2D eigenvalue weighted by Gasteiger charge is 2.48. The van der Waals surface area contributed by atoms with Crippen molar-refractivity contribution < 1.29 is 32.9 Å². The standard InChI is InChI=1S/C28H32O7/c1-28(2)21-10-9-19(32-15-30-3)14-20(21)26-23(33-16-31-4)12-18(13-24(26)35-28)27(29)25-11-17-7-5-6-8-22(17)34-25/h5-8,11-13,19-21H,9-10,14-16H2,1-4H3/t19-,20-,21-/m1/s1. The van der Waals surface area contributed by atoms with Crippen LogP contribution in [0.25, 0.3) is 11.0 Å². The van der Waals surface area contributed by atoms with Crippen LogP contribution in [0.15, 0.2) is 46.9 Å². The molecule has 5 rings (SSSR count). The highest BCUT2D eigenvalue weighted by atomic mass is 16.7. The smallest absolute Gasteiger partial charge is 0.228 e. The molecule has 1 saturated carbocycles. The summed E-state index contributed by atoms with van der Waals surface area (Å²) in [6, 6.07) is 13.0. The second-order valence-corrected chi connectivity index (χ2v) is 9.84. The number of carbonyl (C=O) groups excluding carboxylic acids is 1. The number of ether oxygens (including phenoxy) is 5. The number of para-hydroxylation sites is 1. The van der Waals surface area contributed by atoms with Gasteiger partial charge in [-0.2, -0.15) is 0 Å². The molecular weight excluding hydrogens is 448 g/mol. The van der Waals surface area contributed by atoms with Crippen molar-refractivity contribution in [1.82, 2.24) is 0 Å². The van der Waals surface area contributed by atoms with Crippen molar-refractivity contribution in [2.24, 2.45) is 5.92 Å². The second-order valence-electron chi connectivity index (χ2n) is 9.84. The normalized spacial score (nSPS) is 22.8. The van der Waals surface area contributed by atoms with Crippen LogP contribution in [0.2, 0.25) is 0 Å². The van der Waals surface area contributed by atoms with Crippen LogP contribution < -0.4 is 9.47 Å². The van der Waals surface area contributed by atoms with E-state index in [1.165, 1.54) is 0 Å². The zero-order valence-electron chi connectivity index (χ0n) is 20.7. The van der Waals surface area contributed by atoms with Crippen LogP contribution >= 0.6 is 0 Å². The summed E-state index contributed by atoms with van der Waals surface area (Å²) < 4.78 is 34.7. The van der Waals surface area contributed by atoms with Crippen molar-refractivity contribution in [2.45, 2.75) is 50.7 Å². The third-order valence-corrected chi connectivity index (χ3v) is 7.21. The molecule has 35 heavy (non-hydrogen) atoms. The molecule has 0 N–H and O–H groups in total. The molecule has 7 heteroatoms. The molecule has 7 nitrogen and oxygen atoms in total. The molecule has 0 saturated heterocycles. The van der Waals surface area contributed by atoms with Gasteiger partial charge in [-0.25, -0.2) is 0 Å². The van der Waals surface area contributed by atoms with Gasteiger partial charge in [-0.1, -0.05) is 18.2 Å². The summed E-state index contributed by atoms with van der Waals surface area (Å²) in [7, 11) is 3.21. The van der Waals surface area contributed by atoms with Gasteiger partial charge in [0.2, 0.25) is 5.78 Å². The predicted octanol–water partition coefficient (Wildman–Crippen LogP) is 5.69. The summed E-state index contributed by atoms with van der Waals surface area (Å²) >= 11 is 0. The second kappa shape index (κ2) is 9.64. The largest absolute Gasteiger partial charge is 0.487 e. The fraction of sp³-hybridized carbons (Fsp3) is 0.464. The van der Waals surface area contributed by atoms with Crippen molar-refractivity contribution >= 4 is 16.8 Å². The van der Waals surface area contributed by atoms with E-state index < -0.39 is 5.60 Å². The highest BCUT2D eigenvalue weighted by Crippen LogP contribution is 2.55. The van der Waals surface area contributed by atoms with Gasteiger partial charge in [-0.3, -0.25) is 4.79 Å². The minimum atomic E-state index is -0.399. The Balaban J connectivity index is 1.56. The van der Waals surface area contributed by atoms with Crippen molar-refractivity contribution in [3.63, 3.8) is 0 Å². The quantitative estimate of drug-likeness (QED) is 0.303. The van der Waals surface area contributed by atoms with Gasteiger partial charge in [0.25, 0.3) is 0 Å². The Morgan fingerprint density at radius 2 is 1.86 bits per heavy atom. The fourth-order valence-corrected chi connectivity index (χ4v) is 5.62. The fourth-order valence-electron chi connectivity index (χ4n) is 5.62. The summed E-state index contributed by atoms with van der Waals surface area (Å²) in [4.78, 5) is 13.5. The number of carbonyl (C=O) groups is 1. The molecule has 3 aromatic rings. The van der Waals surface area contributed by atoms with E-state index in [1.807, 2.05) is 30.3 Å². The van der Waals surface area contributed by atoms with Crippen molar-refractivity contribution in [3.8, 4) is 11.5 Å². The molecule has 0 bridgehead atoms. The number of benzene rings is 2. The van der Waals surface area contributed by atoms with Crippen LogP contribution in [0.3, 0.4) is 0 Å². The van der Waals surface area contributed by atoms with Crippen LogP contribution in [-0.4, -0.2) is 45.3 Å². The summed E-state index contributed by atoms with van der Waals surface area (Å²) in [5.74, 6) is 1.77. The molecule has 2 aliphatic rings. The Hall–Kier alpha value is -2.87. The monoisotopic (exact) mass is 480 g/mol. The van der Waals surface area contributed by atoms with Gasteiger partial charge in [0.1, 0.15) is 29.5 Å². The molecule has 0 amide bonds. The van der Waals surface area contributed by atoms with Crippen LogP contribution in [-0.2, 0) is 14.2 Å². The van der Waals surface area contributed by atoms with E-state index in [0.29, 0.717) is 28.6 Å². The third kappa shape index (κ3) is 4.56. The van der Waals surface area contributed by atoms with Crippen LogP contribution in [0.4, 0.5) is 0 Å². The van der Waals surface area contributed by atoms with E-state index in [1.54, 1.807) is 26.4 Å². The van der Waals surface area contributed by atoms with Crippen LogP contribution in [0.5, 0.6) is 11.5 Å². The minimum absolute atomic E-state index is 0.0686. The molecule has 1 aliphatic carbocycles. The van der Waals surface area contributed by atoms with Gasteiger partial charge in [0.15, 0.2) is 12.6 Å². The number of rotatable bonds is 8. The number of methoxy groups -OCH3 is 2. The van der Waals surface area contributed by atoms with Gasteiger partial charge in [-0.05, 0) is 57.4 Å². The molecule has 0 unspecified atom stereocenters. The van der Waals surface area contributed by atoms with Crippen molar-refractivity contribution in [1.29, 1.82) is 0 Å². The maximum atomic E-state index is 13.5. The first-order chi connectivity index (χ1) is 16.9. The molecule has 2 heterocycles. The highest BCUT2D eigenvalue weighted by molar-refractivity contribution is 6.09. The SMILES string of the molecule is COCOc1cc(C(=O)c2cc3ccccc3o2)cc2c1[C@@H]1C[C@H](OCOC)CC[C@H]1C(C)(C)O2. The van der Waals surface area contributed by atoms with Crippen molar-refractivity contribution in [2.75, 3.05) is 27.8 Å². The Kier molecular flexibility index (Phi) is 6.57. The molecule has 0 radical (unpaired) electrons. The van der Waals surface area contributed by atoms with Gasteiger partial charge in [0.05, 0.1) is 6.10 Å². The van der Waals surface area contributed by atoms with E-state index in [2.05, 4.69) is 13.8 Å². The summed E-state index contributed by atoms with van der Waals surface area (Å²) in [5.41, 5.74) is 1.70. The number of hydrogen-bond acceptors (Lipinski definition) is 7. The zero-order valence-corrected chi connectivity index (χ0v) is 20.7. The molecule has 1 aliphatic heterocycles. The maximum Gasteiger partial charge on any atom is 0.228 e. The lowest BCUT2D eigenvalue weighted by atomic mass is 9.65. The Morgan fingerprint density at radius 3 is 2.63 bits per heavy atom. The summed E-state index contributed by atoms with van der Waals surface area (Å²) in [6.45, 7) is 4.58. The molecule has 186 valence electrons. The van der Waals surface area contributed by atoms with E-state index in [-0.39, 0.29) is 37.2 Å². The van der Waals surface area contributed by atoms with Gasteiger partial charge >= 0.3 is 0 Å². The zero-order chi connectivity index (χ0) is 24.6. The van der Waals surface area contributed by atoms with E-state index >= 15 is 0 Å². The minimum Gasteiger partial charge on any atom is -0.487 e. The summed E-state index contributed by atoms with van der Waals surface area (Å²) in [5, 5.41) is 0.884.